The number of nitrogens with one attached hydrogen (secondary N) is 2. The summed E-state index contributed by atoms with van der Waals surface area (Å²) in [7, 11) is 3.60. The quantitative estimate of drug-likeness (QED) is 0.271. The molecule has 4 N–H and O–H groups in total. The Morgan fingerprint density at radius 1 is 1.16 bits per heavy atom. The highest BCUT2D eigenvalue weighted by Gasteiger charge is 2.30. The van der Waals surface area contributed by atoms with Gasteiger partial charge in [0, 0.05) is 80.6 Å². The number of primary amides is 1. The summed E-state index contributed by atoms with van der Waals surface area (Å²) in [5.74, 6) is 1.23. The molecule has 2 aromatic heterocycles. The van der Waals surface area contributed by atoms with E-state index in [0.717, 1.165) is 89.7 Å². The summed E-state index contributed by atoms with van der Waals surface area (Å²) in [5, 5.41) is 11.7. The maximum absolute atomic E-state index is 13.7. The van der Waals surface area contributed by atoms with E-state index in [-0.39, 0.29) is 18.1 Å². The van der Waals surface area contributed by atoms with Crippen LogP contribution in [0.15, 0.2) is 42.2 Å². The Hall–Kier alpha value is -4.61. The Bertz CT molecular complexity index is 1760. The number of aromatic nitrogens is 3. The number of allylic oxidation sites excluding steroid dienone is 1. The molecule has 0 atom stereocenters. The zero-order valence-electron chi connectivity index (χ0n) is 25.0. The number of urea groups is 1. The topological polar surface area (TPSA) is 129 Å². The summed E-state index contributed by atoms with van der Waals surface area (Å²) in [6, 6.07) is 10.8. The first-order valence-corrected chi connectivity index (χ1v) is 14.5. The van der Waals surface area contributed by atoms with Crippen LogP contribution in [-0.2, 0) is 20.1 Å². The van der Waals surface area contributed by atoms with Crippen molar-refractivity contribution < 1.29 is 19.1 Å². The minimum atomic E-state index is -0.624. The molecule has 224 valence electrons. The van der Waals surface area contributed by atoms with Gasteiger partial charge in [-0.2, -0.15) is 5.10 Å². The fourth-order valence-electron chi connectivity index (χ4n) is 6.09. The number of nitrogens with two attached hydrogens (primary N) is 1. The van der Waals surface area contributed by atoms with Crippen molar-refractivity contribution in [1.82, 2.24) is 29.9 Å². The van der Waals surface area contributed by atoms with Crippen LogP contribution in [0.25, 0.3) is 28.2 Å². The molecule has 2 aromatic carbocycles. The van der Waals surface area contributed by atoms with E-state index in [0.29, 0.717) is 11.3 Å². The van der Waals surface area contributed by atoms with Gasteiger partial charge in [0.05, 0.1) is 24.1 Å². The second-order valence-corrected chi connectivity index (χ2v) is 11.0. The molecular formula is C32H37N7O4. The minimum Gasteiger partial charge on any atom is -0.497 e. The molecule has 2 aliphatic heterocycles. The van der Waals surface area contributed by atoms with Crippen LogP contribution in [0.5, 0.6) is 11.5 Å². The molecule has 0 saturated carbocycles. The number of ketones is 1. The Morgan fingerprint density at radius 2 is 1.95 bits per heavy atom. The summed E-state index contributed by atoms with van der Waals surface area (Å²) in [4.78, 5) is 27.4. The molecule has 2 amide bonds. The molecule has 0 unspecified atom stereocenters. The van der Waals surface area contributed by atoms with Gasteiger partial charge >= 0.3 is 6.03 Å². The van der Waals surface area contributed by atoms with Gasteiger partial charge in [0.2, 0.25) is 5.78 Å². The predicted octanol–water partition coefficient (Wildman–Crippen LogP) is 3.36. The first-order valence-electron chi connectivity index (χ1n) is 14.5. The van der Waals surface area contributed by atoms with E-state index in [2.05, 4.69) is 33.1 Å². The Kier molecular flexibility index (Phi) is 7.68. The van der Waals surface area contributed by atoms with Crippen LogP contribution in [0.1, 0.15) is 32.9 Å². The SMILES string of the molecule is COc1ccc2c(c1)c(C=C1Oc3ccc(CNC(N)=O)cc3C1=O)c(-c1c(C)nn(C)c1C)n2CCN1CCNCC1. The molecule has 1 fully saturated rings. The lowest BCUT2D eigenvalue weighted by molar-refractivity contribution is 0.101. The van der Waals surface area contributed by atoms with Crippen molar-refractivity contribution in [2.24, 2.45) is 12.8 Å². The number of methoxy groups -OCH3 is 1. The summed E-state index contributed by atoms with van der Waals surface area (Å²) < 4.78 is 16.0. The van der Waals surface area contributed by atoms with Gasteiger partial charge in [-0.3, -0.25) is 14.4 Å². The number of ether oxygens (including phenoxy) is 2. The first kappa shape index (κ1) is 28.5. The second kappa shape index (κ2) is 11.6. The van der Waals surface area contributed by atoms with Gasteiger partial charge in [-0.05, 0) is 55.8 Å². The zero-order valence-corrected chi connectivity index (χ0v) is 25.0. The van der Waals surface area contributed by atoms with Crippen LogP contribution in [-0.4, -0.2) is 70.9 Å². The Labute approximate surface area is 250 Å². The largest absolute Gasteiger partial charge is 0.497 e. The lowest BCUT2D eigenvalue weighted by Crippen LogP contribution is -2.44. The average Bonchev–Trinajstić information content (AvgIpc) is 3.57. The molecule has 2 aliphatic rings. The van der Waals surface area contributed by atoms with Crippen molar-refractivity contribution >= 4 is 28.8 Å². The molecule has 43 heavy (non-hydrogen) atoms. The number of rotatable bonds is 8. The zero-order chi connectivity index (χ0) is 30.2. The van der Waals surface area contributed by atoms with Crippen molar-refractivity contribution in [1.29, 1.82) is 0 Å². The maximum atomic E-state index is 13.7. The monoisotopic (exact) mass is 583 g/mol. The number of Topliss-reactive ketones (excluding diaryl/α,β-unsaturated/α-hetero) is 1. The van der Waals surface area contributed by atoms with Gasteiger partial charge in [-0.15, -0.1) is 0 Å². The van der Waals surface area contributed by atoms with Crippen molar-refractivity contribution in [3.8, 4) is 22.8 Å². The molecule has 0 spiro atoms. The van der Waals surface area contributed by atoms with Crippen molar-refractivity contribution in [3.63, 3.8) is 0 Å². The molecule has 11 nitrogen and oxygen atoms in total. The van der Waals surface area contributed by atoms with Crippen molar-refractivity contribution in [3.05, 3.63) is 70.2 Å². The van der Waals surface area contributed by atoms with Gasteiger partial charge in [-0.1, -0.05) is 6.07 Å². The fraction of sp³-hybridized carbons (Fsp3) is 0.344. The highest BCUT2D eigenvalue weighted by atomic mass is 16.5. The van der Waals surface area contributed by atoms with Crippen LogP contribution < -0.4 is 25.8 Å². The number of carbonyl (C=O) groups is 2. The molecule has 0 radical (unpaired) electrons. The van der Waals surface area contributed by atoms with E-state index >= 15 is 0 Å². The van der Waals surface area contributed by atoms with Crippen LogP contribution in [0.2, 0.25) is 0 Å². The number of aryl methyl sites for hydroxylation is 2. The number of nitrogens with zero attached hydrogens (tertiary/aromatic N) is 4. The third-order valence-electron chi connectivity index (χ3n) is 8.38. The first-order chi connectivity index (χ1) is 20.7. The summed E-state index contributed by atoms with van der Waals surface area (Å²) >= 11 is 0. The van der Waals surface area contributed by atoms with E-state index in [1.807, 2.05) is 42.9 Å². The standard InChI is InChI=1S/C32H37N7O4/c1-19-29(20(2)37(3)36-19)30-24(17-28-31(40)25-15-21(18-35-32(33)41)5-8-27(25)43-28)23-16-22(42-4)6-7-26(23)39(30)14-13-38-11-9-34-10-12-38/h5-8,15-17,34H,9-14,18H2,1-4H3,(H3,33,35,41). The molecule has 4 aromatic rings. The Balaban J connectivity index is 1.50. The lowest BCUT2D eigenvalue weighted by atomic mass is 10.0. The number of piperazine rings is 1. The normalized spacial score (nSPS) is 16.1. The maximum Gasteiger partial charge on any atom is 0.312 e. The molecule has 4 heterocycles. The Morgan fingerprint density at radius 3 is 2.65 bits per heavy atom. The van der Waals surface area contributed by atoms with Gasteiger partial charge in [-0.25, -0.2) is 4.79 Å². The second-order valence-electron chi connectivity index (χ2n) is 11.0. The number of carbonyl (C=O) groups excluding carboxylic acids is 2. The molecule has 0 aliphatic carbocycles. The third kappa shape index (κ3) is 5.37. The smallest absolute Gasteiger partial charge is 0.312 e. The van der Waals surface area contributed by atoms with Gasteiger partial charge in [0.15, 0.2) is 5.76 Å². The highest BCUT2D eigenvalue weighted by Crippen LogP contribution is 2.41. The third-order valence-corrected chi connectivity index (χ3v) is 8.38. The predicted molar refractivity (Wildman–Crippen MR) is 165 cm³/mol. The highest BCUT2D eigenvalue weighted by molar-refractivity contribution is 6.16. The fourth-order valence-corrected chi connectivity index (χ4v) is 6.09. The van der Waals surface area contributed by atoms with Gasteiger partial charge in [0.25, 0.3) is 0 Å². The van der Waals surface area contributed by atoms with E-state index < -0.39 is 6.03 Å². The van der Waals surface area contributed by atoms with E-state index in [9.17, 15) is 9.59 Å². The number of fused-ring (bicyclic) bond motifs is 2. The van der Waals surface area contributed by atoms with E-state index in [4.69, 9.17) is 20.3 Å². The summed E-state index contributed by atoms with van der Waals surface area (Å²) in [5.41, 5.74) is 12.3. The molecular weight excluding hydrogens is 546 g/mol. The number of amides is 2. The number of hydrogen-bond acceptors (Lipinski definition) is 7. The van der Waals surface area contributed by atoms with Crippen molar-refractivity contribution in [2.45, 2.75) is 26.9 Å². The number of benzene rings is 2. The average molecular weight is 584 g/mol. The van der Waals surface area contributed by atoms with Gasteiger partial charge < -0.3 is 30.4 Å². The number of hydrogen-bond donors (Lipinski definition) is 3. The summed E-state index contributed by atoms with van der Waals surface area (Å²) in [6.45, 7) is 9.93. The van der Waals surface area contributed by atoms with E-state index in [1.165, 1.54) is 0 Å². The van der Waals surface area contributed by atoms with Gasteiger partial charge in [0.1, 0.15) is 11.5 Å². The van der Waals surface area contributed by atoms with E-state index in [1.54, 1.807) is 19.2 Å². The minimum absolute atomic E-state index is 0.217. The van der Waals surface area contributed by atoms with Crippen molar-refractivity contribution in [2.75, 3.05) is 39.8 Å². The van der Waals surface area contributed by atoms with Crippen LogP contribution in [0.4, 0.5) is 4.79 Å². The molecule has 1 saturated heterocycles. The van der Waals surface area contributed by atoms with Crippen LogP contribution >= 0.6 is 0 Å². The summed E-state index contributed by atoms with van der Waals surface area (Å²) in [6.07, 6.45) is 1.86. The molecule has 11 heteroatoms. The molecule has 0 bridgehead atoms. The molecule has 6 rings (SSSR count). The van der Waals surface area contributed by atoms with Crippen LogP contribution in [0, 0.1) is 13.8 Å². The lowest BCUT2D eigenvalue weighted by Gasteiger charge is -2.27. The van der Waals surface area contributed by atoms with Crippen LogP contribution in [0.3, 0.4) is 0 Å².